The van der Waals surface area contributed by atoms with E-state index in [9.17, 15) is 4.79 Å². The Kier molecular flexibility index (Phi) is 3.37. The summed E-state index contributed by atoms with van der Waals surface area (Å²) in [6.07, 6.45) is 6.92. The van der Waals surface area contributed by atoms with E-state index in [2.05, 4.69) is 20.2 Å². The van der Waals surface area contributed by atoms with Crippen LogP contribution in [-0.2, 0) is 17.8 Å². The lowest BCUT2D eigenvalue weighted by atomic mass is 9.90. The molecule has 0 radical (unpaired) electrons. The van der Waals surface area contributed by atoms with Crippen LogP contribution in [0, 0.1) is 11.8 Å². The average Bonchev–Trinajstić information content (AvgIpc) is 3.39. The highest BCUT2D eigenvalue weighted by Gasteiger charge is 2.36. The molecule has 5 nitrogen and oxygen atoms in total. The van der Waals surface area contributed by atoms with Crippen LogP contribution in [0.3, 0.4) is 0 Å². The van der Waals surface area contributed by atoms with Crippen LogP contribution in [0.2, 0.25) is 0 Å². The Balaban J connectivity index is 1.47. The molecule has 3 heterocycles. The maximum absolute atomic E-state index is 12.2. The van der Waals surface area contributed by atoms with Crippen molar-refractivity contribution in [3.63, 3.8) is 0 Å². The Morgan fingerprint density at radius 1 is 1.14 bits per heavy atom. The fourth-order valence-electron chi connectivity index (χ4n) is 3.60. The number of Topliss-reactive ketones (excluding diaryl/α,β-unsaturated/α-hetero) is 1. The molecule has 1 saturated heterocycles. The first-order chi connectivity index (χ1) is 10.3. The molecule has 1 aromatic heterocycles. The second kappa shape index (κ2) is 5.37. The molecule has 1 saturated carbocycles. The normalized spacial score (nSPS) is 23.0. The summed E-state index contributed by atoms with van der Waals surface area (Å²) >= 11 is 0. The van der Waals surface area contributed by atoms with Crippen molar-refractivity contribution < 1.29 is 4.79 Å². The molecule has 4 rings (SSSR count). The molecule has 21 heavy (non-hydrogen) atoms. The van der Waals surface area contributed by atoms with Gasteiger partial charge in [-0.1, -0.05) is 0 Å². The van der Waals surface area contributed by atoms with Gasteiger partial charge < -0.3 is 10.2 Å². The number of fused-ring (bicyclic) bond motifs is 1. The smallest absolute Gasteiger partial charge is 0.139 e. The van der Waals surface area contributed by atoms with E-state index in [1.165, 1.54) is 11.3 Å². The molecule has 1 N–H and O–H groups in total. The standard InChI is InChI=1S/C16H22N4O/c21-15(11-1-2-11)12-4-7-20(8-5-12)16-13-9-17-6-3-14(13)18-10-19-16/h10-12,17H,1-9H2. The lowest BCUT2D eigenvalue weighted by Gasteiger charge is -2.34. The van der Waals surface area contributed by atoms with Gasteiger partial charge >= 0.3 is 0 Å². The summed E-state index contributed by atoms with van der Waals surface area (Å²) in [5, 5.41) is 3.41. The number of carbonyl (C=O) groups excluding carboxylic acids is 1. The van der Waals surface area contributed by atoms with E-state index in [1.54, 1.807) is 6.33 Å². The Morgan fingerprint density at radius 2 is 1.90 bits per heavy atom. The van der Waals surface area contributed by atoms with Gasteiger partial charge in [0.25, 0.3) is 0 Å². The number of nitrogens with one attached hydrogen (secondary N) is 1. The second-order valence-corrected chi connectivity index (χ2v) is 6.49. The Hall–Kier alpha value is -1.49. The van der Waals surface area contributed by atoms with Crippen molar-refractivity contribution in [2.24, 2.45) is 11.8 Å². The maximum Gasteiger partial charge on any atom is 0.139 e. The zero-order valence-electron chi connectivity index (χ0n) is 12.3. The van der Waals surface area contributed by atoms with Crippen molar-refractivity contribution in [3.8, 4) is 0 Å². The Bertz CT molecular complexity index is 547. The number of rotatable bonds is 3. The predicted octanol–water partition coefficient (Wildman–Crippen LogP) is 1.32. The van der Waals surface area contributed by atoms with Crippen molar-refractivity contribution in [2.75, 3.05) is 24.5 Å². The molecular weight excluding hydrogens is 264 g/mol. The Morgan fingerprint density at radius 3 is 2.67 bits per heavy atom. The number of anilines is 1. The summed E-state index contributed by atoms with van der Waals surface area (Å²) < 4.78 is 0. The number of aromatic nitrogens is 2. The molecule has 0 amide bonds. The zero-order chi connectivity index (χ0) is 14.2. The molecule has 2 aliphatic heterocycles. The molecule has 0 bridgehead atoms. The van der Waals surface area contributed by atoms with Crippen molar-refractivity contribution in [3.05, 3.63) is 17.6 Å². The minimum absolute atomic E-state index is 0.296. The lowest BCUT2D eigenvalue weighted by Crippen LogP contribution is -2.39. The average molecular weight is 286 g/mol. The van der Waals surface area contributed by atoms with E-state index in [1.807, 2.05) is 0 Å². The molecule has 3 aliphatic rings. The first kappa shape index (κ1) is 13.2. The van der Waals surface area contributed by atoms with Crippen molar-refractivity contribution in [1.82, 2.24) is 15.3 Å². The van der Waals surface area contributed by atoms with Gasteiger partial charge in [-0.15, -0.1) is 0 Å². The third-order valence-corrected chi connectivity index (χ3v) is 5.03. The van der Waals surface area contributed by atoms with E-state index >= 15 is 0 Å². The summed E-state index contributed by atoms with van der Waals surface area (Å²) in [6, 6.07) is 0. The molecule has 2 fully saturated rings. The predicted molar refractivity (Wildman–Crippen MR) is 80.1 cm³/mol. The SMILES string of the molecule is O=C(C1CC1)C1CCN(c2ncnc3c2CNCC3)CC1. The Labute approximate surface area is 125 Å². The van der Waals surface area contributed by atoms with E-state index in [0.29, 0.717) is 17.6 Å². The van der Waals surface area contributed by atoms with Crippen LogP contribution in [0.5, 0.6) is 0 Å². The molecular formula is C16H22N4O. The molecule has 112 valence electrons. The second-order valence-electron chi connectivity index (χ2n) is 6.49. The largest absolute Gasteiger partial charge is 0.356 e. The highest BCUT2D eigenvalue weighted by atomic mass is 16.1. The highest BCUT2D eigenvalue weighted by Crippen LogP contribution is 2.36. The van der Waals surface area contributed by atoms with Crippen molar-refractivity contribution >= 4 is 11.6 Å². The van der Waals surface area contributed by atoms with Crippen LogP contribution >= 0.6 is 0 Å². The first-order valence-electron chi connectivity index (χ1n) is 8.15. The molecule has 0 atom stereocenters. The fraction of sp³-hybridized carbons (Fsp3) is 0.688. The third kappa shape index (κ3) is 2.55. The van der Waals surface area contributed by atoms with Crippen molar-refractivity contribution in [2.45, 2.75) is 38.6 Å². The number of piperidine rings is 1. The minimum atomic E-state index is 0.296. The fourth-order valence-corrected chi connectivity index (χ4v) is 3.60. The number of hydrogen-bond donors (Lipinski definition) is 1. The van der Waals surface area contributed by atoms with E-state index in [0.717, 1.165) is 64.1 Å². The maximum atomic E-state index is 12.2. The molecule has 0 spiro atoms. The third-order valence-electron chi connectivity index (χ3n) is 5.03. The van der Waals surface area contributed by atoms with Gasteiger partial charge in [0.2, 0.25) is 0 Å². The van der Waals surface area contributed by atoms with Gasteiger partial charge in [-0.05, 0) is 25.7 Å². The van der Waals surface area contributed by atoms with Crippen LogP contribution < -0.4 is 10.2 Å². The number of nitrogens with zero attached hydrogens (tertiary/aromatic N) is 3. The summed E-state index contributed by atoms with van der Waals surface area (Å²) in [7, 11) is 0. The zero-order valence-corrected chi connectivity index (χ0v) is 12.3. The molecule has 0 aromatic carbocycles. The van der Waals surface area contributed by atoms with Crippen LogP contribution in [0.1, 0.15) is 36.9 Å². The van der Waals surface area contributed by atoms with Gasteiger partial charge in [0.05, 0.1) is 5.69 Å². The van der Waals surface area contributed by atoms with Gasteiger partial charge in [0.15, 0.2) is 0 Å². The summed E-state index contributed by atoms with van der Waals surface area (Å²) in [5.41, 5.74) is 2.45. The molecule has 1 aliphatic carbocycles. The molecule has 5 heteroatoms. The topological polar surface area (TPSA) is 58.1 Å². The van der Waals surface area contributed by atoms with Crippen molar-refractivity contribution in [1.29, 1.82) is 0 Å². The first-order valence-corrected chi connectivity index (χ1v) is 8.15. The van der Waals surface area contributed by atoms with Crippen LogP contribution in [0.25, 0.3) is 0 Å². The quantitative estimate of drug-likeness (QED) is 0.908. The number of carbonyl (C=O) groups is 1. The van der Waals surface area contributed by atoms with Gasteiger partial charge in [-0.3, -0.25) is 4.79 Å². The highest BCUT2D eigenvalue weighted by molar-refractivity contribution is 5.85. The monoisotopic (exact) mass is 286 g/mol. The van der Waals surface area contributed by atoms with Gasteiger partial charge in [0, 0.05) is 50.0 Å². The summed E-state index contributed by atoms with van der Waals surface area (Å²) in [5.74, 6) is 2.31. The van der Waals surface area contributed by atoms with E-state index < -0.39 is 0 Å². The number of hydrogen-bond acceptors (Lipinski definition) is 5. The van der Waals surface area contributed by atoms with E-state index in [4.69, 9.17) is 0 Å². The van der Waals surface area contributed by atoms with Gasteiger partial charge in [-0.25, -0.2) is 9.97 Å². The van der Waals surface area contributed by atoms with Crippen LogP contribution in [-0.4, -0.2) is 35.4 Å². The van der Waals surface area contributed by atoms with Crippen LogP contribution in [0.4, 0.5) is 5.82 Å². The van der Waals surface area contributed by atoms with E-state index in [-0.39, 0.29) is 0 Å². The van der Waals surface area contributed by atoms with Gasteiger partial charge in [0.1, 0.15) is 17.9 Å². The molecule has 1 aromatic rings. The minimum Gasteiger partial charge on any atom is -0.356 e. The summed E-state index contributed by atoms with van der Waals surface area (Å²) in [4.78, 5) is 23.5. The molecule has 0 unspecified atom stereocenters. The van der Waals surface area contributed by atoms with Gasteiger partial charge in [-0.2, -0.15) is 0 Å². The summed E-state index contributed by atoms with van der Waals surface area (Å²) in [6.45, 7) is 3.77. The lowest BCUT2D eigenvalue weighted by molar-refractivity contribution is -0.124. The number of ketones is 1. The van der Waals surface area contributed by atoms with Crippen LogP contribution in [0.15, 0.2) is 6.33 Å².